The van der Waals surface area contributed by atoms with E-state index in [1.165, 1.54) is 0 Å². The molecule has 1 fully saturated rings. The molecule has 2 aromatic carbocycles. The number of rotatable bonds is 10. The van der Waals surface area contributed by atoms with Gasteiger partial charge in [-0.3, -0.25) is 4.79 Å². The van der Waals surface area contributed by atoms with Crippen LogP contribution in [0.3, 0.4) is 0 Å². The normalized spacial score (nSPS) is 15.6. The lowest BCUT2D eigenvalue weighted by Crippen LogP contribution is -2.22. The van der Waals surface area contributed by atoms with Gasteiger partial charge in [-0.1, -0.05) is 24.8 Å². The molecule has 0 bridgehead atoms. The van der Waals surface area contributed by atoms with Gasteiger partial charge in [0.15, 0.2) is 0 Å². The van der Waals surface area contributed by atoms with Crippen LogP contribution in [-0.4, -0.2) is 38.4 Å². The van der Waals surface area contributed by atoms with Crippen LogP contribution in [0.25, 0.3) is 0 Å². The zero-order chi connectivity index (χ0) is 20.5. The number of nitrogens with one attached hydrogen (secondary N) is 2. The largest absolute Gasteiger partial charge is 0.489 e. The highest BCUT2D eigenvalue weighted by Gasteiger charge is 2.17. The zero-order valence-electron chi connectivity index (χ0n) is 16.8. The van der Waals surface area contributed by atoms with Gasteiger partial charge in [0.25, 0.3) is 0 Å². The summed E-state index contributed by atoms with van der Waals surface area (Å²) in [7, 11) is 0. The highest BCUT2D eigenvalue weighted by Crippen LogP contribution is 2.25. The van der Waals surface area contributed by atoms with Crippen LogP contribution < -0.4 is 20.1 Å². The summed E-state index contributed by atoms with van der Waals surface area (Å²) < 4.78 is 17.1. The Morgan fingerprint density at radius 3 is 2.86 bits per heavy atom. The van der Waals surface area contributed by atoms with Crippen molar-refractivity contribution >= 4 is 17.3 Å². The van der Waals surface area contributed by atoms with Crippen molar-refractivity contribution in [2.75, 3.05) is 37.0 Å². The van der Waals surface area contributed by atoms with Gasteiger partial charge in [-0.15, -0.1) is 0 Å². The van der Waals surface area contributed by atoms with Crippen LogP contribution in [0.2, 0.25) is 0 Å². The van der Waals surface area contributed by atoms with Crippen molar-refractivity contribution in [1.29, 1.82) is 0 Å². The second-order valence-corrected chi connectivity index (χ2v) is 7.12. The standard InChI is InChI=1S/C23H28N2O4/c1-17(2)15-28-19-8-5-7-18(13-19)24-14-23(26)25-21-10-3-4-11-22(21)29-16-20-9-6-12-27-20/h3-5,7-8,10-11,13,20,24H,1,6,9,12,14-16H2,2H3,(H,25,26). The third kappa shape index (κ3) is 6.84. The number of hydrogen-bond acceptors (Lipinski definition) is 5. The van der Waals surface area contributed by atoms with E-state index in [1.54, 1.807) is 0 Å². The van der Waals surface area contributed by atoms with Crippen LogP contribution in [0.5, 0.6) is 11.5 Å². The number of amides is 1. The average Bonchev–Trinajstić information content (AvgIpc) is 3.24. The zero-order valence-corrected chi connectivity index (χ0v) is 16.8. The predicted molar refractivity (Wildman–Crippen MR) is 115 cm³/mol. The maximum absolute atomic E-state index is 12.4. The molecule has 1 aliphatic heterocycles. The molecular weight excluding hydrogens is 368 g/mol. The van der Waals surface area contributed by atoms with Crippen molar-refractivity contribution in [3.05, 3.63) is 60.7 Å². The lowest BCUT2D eigenvalue weighted by molar-refractivity contribution is -0.114. The molecule has 0 aromatic heterocycles. The molecule has 1 atom stereocenters. The molecule has 1 amide bonds. The minimum Gasteiger partial charge on any atom is -0.489 e. The van der Waals surface area contributed by atoms with E-state index in [2.05, 4.69) is 17.2 Å². The minimum atomic E-state index is -0.161. The Labute approximate surface area is 171 Å². The van der Waals surface area contributed by atoms with Gasteiger partial charge in [-0.2, -0.15) is 0 Å². The molecule has 2 N–H and O–H groups in total. The van der Waals surface area contributed by atoms with E-state index in [4.69, 9.17) is 14.2 Å². The third-order valence-corrected chi connectivity index (χ3v) is 4.38. The van der Waals surface area contributed by atoms with Crippen LogP contribution in [0.4, 0.5) is 11.4 Å². The second kappa shape index (κ2) is 10.5. The van der Waals surface area contributed by atoms with Crippen molar-refractivity contribution in [2.45, 2.75) is 25.9 Å². The monoisotopic (exact) mass is 396 g/mol. The number of hydrogen-bond donors (Lipinski definition) is 2. The van der Waals surface area contributed by atoms with Gasteiger partial charge >= 0.3 is 0 Å². The summed E-state index contributed by atoms with van der Waals surface area (Å²) in [4.78, 5) is 12.4. The van der Waals surface area contributed by atoms with Crippen LogP contribution in [0.15, 0.2) is 60.7 Å². The maximum atomic E-state index is 12.4. The molecule has 1 aliphatic rings. The molecule has 6 nitrogen and oxygen atoms in total. The number of ether oxygens (including phenoxy) is 3. The van der Waals surface area contributed by atoms with Crippen molar-refractivity contribution in [1.82, 2.24) is 0 Å². The highest BCUT2D eigenvalue weighted by atomic mass is 16.5. The summed E-state index contributed by atoms with van der Waals surface area (Å²) in [5.41, 5.74) is 2.40. The Bertz CT molecular complexity index is 831. The van der Waals surface area contributed by atoms with Crippen LogP contribution in [0, 0.1) is 0 Å². The summed E-state index contributed by atoms with van der Waals surface area (Å²) in [6.45, 7) is 7.61. The van der Waals surface area contributed by atoms with Crippen LogP contribution in [-0.2, 0) is 9.53 Å². The summed E-state index contributed by atoms with van der Waals surface area (Å²) in [6.07, 6.45) is 2.20. The average molecular weight is 396 g/mol. The number of anilines is 2. The van der Waals surface area contributed by atoms with E-state index in [0.29, 0.717) is 24.7 Å². The molecule has 0 radical (unpaired) electrons. The SMILES string of the molecule is C=C(C)COc1cccc(NCC(=O)Nc2ccccc2OCC2CCCO2)c1. The first kappa shape index (κ1) is 20.7. The summed E-state index contributed by atoms with van der Waals surface area (Å²) >= 11 is 0. The second-order valence-electron chi connectivity index (χ2n) is 7.12. The first-order chi connectivity index (χ1) is 14.1. The Hall–Kier alpha value is -2.99. The van der Waals surface area contributed by atoms with Gasteiger partial charge in [0.2, 0.25) is 5.91 Å². The van der Waals surface area contributed by atoms with Gasteiger partial charge in [-0.25, -0.2) is 0 Å². The van der Waals surface area contributed by atoms with Crippen LogP contribution >= 0.6 is 0 Å². The Morgan fingerprint density at radius 2 is 2.07 bits per heavy atom. The van der Waals surface area contributed by atoms with E-state index >= 15 is 0 Å². The molecule has 1 saturated heterocycles. The van der Waals surface area contributed by atoms with Gasteiger partial charge in [0.1, 0.15) is 24.7 Å². The number of benzene rings is 2. The van der Waals surface area contributed by atoms with Crippen LogP contribution in [0.1, 0.15) is 19.8 Å². The fraction of sp³-hybridized carbons (Fsp3) is 0.348. The van der Waals surface area contributed by atoms with Gasteiger partial charge in [0, 0.05) is 18.4 Å². The summed E-state index contributed by atoms with van der Waals surface area (Å²) in [5, 5.41) is 6.01. The van der Waals surface area contributed by atoms with Crippen molar-refractivity contribution in [3.63, 3.8) is 0 Å². The van der Waals surface area contributed by atoms with E-state index in [9.17, 15) is 4.79 Å². The molecule has 0 aliphatic carbocycles. The Balaban J connectivity index is 1.50. The molecule has 6 heteroatoms. The van der Waals surface area contributed by atoms with E-state index < -0.39 is 0 Å². The summed E-state index contributed by atoms with van der Waals surface area (Å²) in [6, 6.07) is 14.9. The van der Waals surface area contributed by atoms with E-state index in [-0.39, 0.29) is 18.6 Å². The fourth-order valence-corrected chi connectivity index (χ4v) is 2.93. The Kier molecular flexibility index (Phi) is 7.53. The first-order valence-corrected chi connectivity index (χ1v) is 9.84. The topological polar surface area (TPSA) is 68.8 Å². The van der Waals surface area contributed by atoms with E-state index in [1.807, 2.05) is 55.5 Å². The molecule has 0 saturated carbocycles. The molecule has 0 spiro atoms. The number of carbonyl (C=O) groups is 1. The third-order valence-electron chi connectivity index (χ3n) is 4.38. The predicted octanol–water partition coefficient (Wildman–Crippen LogP) is 4.25. The molecule has 29 heavy (non-hydrogen) atoms. The van der Waals surface area contributed by atoms with Gasteiger partial charge in [0.05, 0.1) is 18.3 Å². The van der Waals surface area contributed by atoms with Crippen molar-refractivity contribution in [3.8, 4) is 11.5 Å². The lowest BCUT2D eigenvalue weighted by Gasteiger charge is -2.15. The van der Waals surface area contributed by atoms with Gasteiger partial charge < -0.3 is 24.8 Å². The summed E-state index contributed by atoms with van der Waals surface area (Å²) in [5.74, 6) is 1.21. The Morgan fingerprint density at radius 1 is 1.21 bits per heavy atom. The van der Waals surface area contributed by atoms with Crippen molar-refractivity contribution < 1.29 is 19.0 Å². The molecule has 1 heterocycles. The molecule has 154 valence electrons. The first-order valence-electron chi connectivity index (χ1n) is 9.84. The highest BCUT2D eigenvalue weighted by molar-refractivity contribution is 5.95. The maximum Gasteiger partial charge on any atom is 0.243 e. The number of carbonyl (C=O) groups excluding carboxylic acids is 1. The lowest BCUT2D eigenvalue weighted by atomic mass is 10.2. The molecule has 2 aromatic rings. The van der Waals surface area contributed by atoms with Gasteiger partial charge in [-0.05, 0) is 49.6 Å². The number of para-hydroxylation sites is 2. The molecule has 1 unspecified atom stereocenters. The molecule has 3 rings (SSSR count). The van der Waals surface area contributed by atoms with Crippen molar-refractivity contribution in [2.24, 2.45) is 0 Å². The molecular formula is C23H28N2O4. The smallest absolute Gasteiger partial charge is 0.243 e. The fourth-order valence-electron chi connectivity index (χ4n) is 2.93. The minimum absolute atomic E-state index is 0.125. The quantitative estimate of drug-likeness (QED) is 0.588. The van der Waals surface area contributed by atoms with E-state index in [0.717, 1.165) is 36.5 Å².